The highest BCUT2D eigenvalue weighted by Crippen LogP contribution is 2.18. The molecule has 0 radical (unpaired) electrons. The van der Waals surface area contributed by atoms with Crippen LogP contribution in [0.3, 0.4) is 0 Å². The second kappa shape index (κ2) is 4.99. The smallest absolute Gasteiger partial charge is 0.0814 e. The largest absolute Gasteiger partial charge is 0.314 e. The van der Waals surface area contributed by atoms with E-state index in [1.807, 2.05) is 11.6 Å². The maximum Gasteiger partial charge on any atom is 0.0814 e. The summed E-state index contributed by atoms with van der Waals surface area (Å²) >= 11 is 5.92. The van der Waals surface area contributed by atoms with Crippen LogP contribution in [0, 0.1) is 6.92 Å². The summed E-state index contributed by atoms with van der Waals surface area (Å²) < 4.78 is 1.99. The van der Waals surface area contributed by atoms with Gasteiger partial charge in [-0.1, -0.05) is 11.6 Å². The van der Waals surface area contributed by atoms with Gasteiger partial charge in [0.2, 0.25) is 0 Å². The van der Waals surface area contributed by atoms with Crippen LogP contribution in [-0.2, 0) is 6.54 Å². The standard InChI is InChI=1S/C11H18ClN3/c1-9-11(12)8-14-15(9)7-3-2-6-13-10-4-5-10/h8,10,13H,2-7H2,1H3. The average Bonchev–Trinajstić information content (AvgIpc) is 2.99. The van der Waals surface area contributed by atoms with Gasteiger partial charge in [-0.2, -0.15) is 5.10 Å². The van der Waals surface area contributed by atoms with Crippen molar-refractivity contribution in [2.75, 3.05) is 6.54 Å². The Morgan fingerprint density at radius 3 is 2.93 bits per heavy atom. The highest BCUT2D eigenvalue weighted by molar-refractivity contribution is 6.31. The lowest BCUT2D eigenvalue weighted by Crippen LogP contribution is -2.17. The molecule has 0 atom stereocenters. The van der Waals surface area contributed by atoms with E-state index < -0.39 is 0 Å². The van der Waals surface area contributed by atoms with Crippen molar-refractivity contribution in [3.8, 4) is 0 Å². The average molecular weight is 228 g/mol. The molecule has 4 heteroatoms. The van der Waals surface area contributed by atoms with Gasteiger partial charge in [0, 0.05) is 12.6 Å². The second-order valence-electron chi connectivity index (χ2n) is 4.24. The number of hydrogen-bond donors (Lipinski definition) is 1. The molecule has 0 aromatic carbocycles. The van der Waals surface area contributed by atoms with Crippen LogP contribution in [0.4, 0.5) is 0 Å². The molecule has 0 bridgehead atoms. The summed E-state index contributed by atoms with van der Waals surface area (Å²) in [4.78, 5) is 0. The van der Waals surface area contributed by atoms with E-state index >= 15 is 0 Å². The van der Waals surface area contributed by atoms with Crippen molar-refractivity contribution in [1.29, 1.82) is 0 Å². The van der Waals surface area contributed by atoms with Gasteiger partial charge in [0.1, 0.15) is 0 Å². The molecule has 84 valence electrons. The van der Waals surface area contributed by atoms with Crippen molar-refractivity contribution >= 4 is 11.6 Å². The minimum atomic E-state index is 0.770. The maximum absolute atomic E-state index is 5.92. The minimum absolute atomic E-state index is 0.770. The van der Waals surface area contributed by atoms with E-state index in [4.69, 9.17) is 11.6 Å². The van der Waals surface area contributed by atoms with Crippen molar-refractivity contribution < 1.29 is 0 Å². The number of unbranched alkanes of at least 4 members (excludes halogenated alkanes) is 1. The Labute approximate surface area is 95.8 Å². The monoisotopic (exact) mass is 227 g/mol. The highest BCUT2D eigenvalue weighted by Gasteiger charge is 2.19. The molecule has 1 aromatic heterocycles. The Morgan fingerprint density at radius 2 is 2.33 bits per heavy atom. The van der Waals surface area contributed by atoms with E-state index in [9.17, 15) is 0 Å². The molecular formula is C11H18ClN3. The molecule has 1 N–H and O–H groups in total. The first kappa shape index (κ1) is 11.0. The predicted octanol–water partition coefficient (Wildman–Crippen LogP) is 2.38. The molecule has 0 spiro atoms. The molecule has 15 heavy (non-hydrogen) atoms. The molecule has 2 rings (SSSR count). The minimum Gasteiger partial charge on any atom is -0.314 e. The van der Waals surface area contributed by atoms with Gasteiger partial charge in [0.25, 0.3) is 0 Å². The SMILES string of the molecule is Cc1c(Cl)cnn1CCCCNC1CC1. The van der Waals surface area contributed by atoms with Crippen LogP contribution in [0.15, 0.2) is 6.20 Å². The van der Waals surface area contributed by atoms with E-state index in [-0.39, 0.29) is 0 Å². The van der Waals surface area contributed by atoms with Crippen LogP contribution in [0.5, 0.6) is 0 Å². The summed E-state index contributed by atoms with van der Waals surface area (Å²) in [6, 6.07) is 0.825. The van der Waals surface area contributed by atoms with Crippen molar-refractivity contribution in [2.45, 2.75) is 45.2 Å². The van der Waals surface area contributed by atoms with Crippen molar-refractivity contribution in [3.05, 3.63) is 16.9 Å². The molecule has 1 heterocycles. The van der Waals surface area contributed by atoms with Crippen LogP contribution < -0.4 is 5.32 Å². The molecule has 0 amide bonds. The summed E-state index contributed by atoms with van der Waals surface area (Å²) in [6.45, 7) is 4.13. The third kappa shape index (κ3) is 3.21. The molecular weight excluding hydrogens is 210 g/mol. The summed E-state index contributed by atoms with van der Waals surface area (Å²) in [5.74, 6) is 0. The third-order valence-electron chi connectivity index (χ3n) is 2.85. The lowest BCUT2D eigenvalue weighted by atomic mass is 10.3. The van der Waals surface area contributed by atoms with E-state index in [0.717, 1.165) is 29.8 Å². The second-order valence-corrected chi connectivity index (χ2v) is 4.64. The molecule has 0 unspecified atom stereocenters. The van der Waals surface area contributed by atoms with Gasteiger partial charge >= 0.3 is 0 Å². The summed E-state index contributed by atoms with van der Waals surface area (Å²) in [5.41, 5.74) is 1.08. The summed E-state index contributed by atoms with van der Waals surface area (Å²) in [5, 5.41) is 8.50. The Balaban J connectivity index is 1.62. The molecule has 1 aromatic rings. The number of nitrogens with one attached hydrogen (secondary N) is 1. The van der Waals surface area contributed by atoms with Gasteiger partial charge < -0.3 is 5.32 Å². The number of halogens is 1. The summed E-state index contributed by atoms with van der Waals surface area (Å²) in [7, 11) is 0. The molecule has 1 saturated carbocycles. The van der Waals surface area contributed by atoms with Crippen molar-refractivity contribution in [3.63, 3.8) is 0 Å². The maximum atomic E-state index is 5.92. The first-order valence-electron chi connectivity index (χ1n) is 5.68. The van der Waals surface area contributed by atoms with Crippen molar-refractivity contribution in [2.24, 2.45) is 0 Å². The number of hydrogen-bond acceptors (Lipinski definition) is 2. The Bertz CT molecular complexity index is 318. The molecule has 3 nitrogen and oxygen atoms in total. The van der Waals surface area contributed by atoms with Gasteiger partial charge in [-0.15, -0.1) is 0 Å². The first-order chi connectivity index (χ1) is 7.27. The molecule has 1 fully saturated rings. The number of aromatic nitrogens is 2. The van der Waals surface area contributed by atoms with Gasteiger partial charge in [0.15, 0.2) is 0 Å². The lowest BCUT2D eigenvalue weighted by Gasteiger charge is -2.05. The Hall–Kier alpha value is -0.540. The van der Waals surface area contributed by atoms with Gasteiger partial charge in [-0.3, -0.25) is 4.68 Å². The zero-order valence-corrected chi connectivity index (χ0v) is 9.93. The molecule has 0 saturated heterocycles. The normalized spacial score (nSPS) is 15.9. The third-order valence-corrected chi connectivity index (χ3v) is 3.22. The predicted molar refractivity (Wildman–Crippen MR) is 62.2 cm³/mol. The van der Waals surface area contributed by atoms with Crippen molar-refractivity contribution in [1.82, 2.24) is 15.1 Å². The van der Waals surface area contributed by atoms with Gasteiger partial charge in [-0.25, -0.2) is 0 Å². The fourth-order valence-electron chi connectivity index (χ4n) is 1.63. The van der Waals surface area contributed by atoms with E-state index in [1.165, 1.54) is 25.7 Å². The first-order valence-corrected chi connectivity index (χ1v) is 6.06. The van der Waals surface area contributed by atoms with Gasteiger partial charge in [-0.05, 0) is 39.2 Å². The van der Waals surface area contributed by atoms with Crippen LogP contribution in [0.25, 0.3) is 0 Å². The quantitative estimate of drug-likeness (QED) is 0.757. The Kier molecular flexibility index (Phi) is 3.65. The fraction of sp³-hybridized carbons (Fsp3) is 0.727. The van der Waals surface area contributed by atoms with Crippen LogP contribution in [-0.4, -0.2) is 22.4 Å². The number of aryl methyl sites for hydroxylation is 1. The molecule has 1 aliphatic carbocycles. The van der Waals surface area contributed by atoms with Crippen LogP contribution >= 0.6 is 11.6 Å². The zero-order valence-electron chi connectivity index (χ0n) is 9.17. The van der Waals surface area contributed by atoms with E-state index in [1.54, 1.807) is 6.20 Å². The van der Waals surface area contributed by atoms with Gasteiger partial charge in [0.05, 0.1) is 16.9 Å². The topological polar surface area (TPSA) is 29.9 Å². The van der Waals surface area contributed by atoms with E-state index in [2.05, 4.69) is 10.4 Å². The molecule has 0 aliphatic heterocycles. The van der Waals surface area contributed by atoms with Crippen LogP contribution in [0.2, 0.25) is 5.02 Å². The molecule has 1 aliphatic rings. The lowest BCUT2D eigenvalue weighted by molar-refractivity contribution is 0.526. The van der Waals surface area contributed by atoms with E-state index in [0.29, 0.717) is 0 Å². The highest BCUT2D eigenvalue weighted by atomic mass is 35.5. The number of nitrogens with zero attached hydrogens (tertiary/aromatic N) is 2. The summed E-state index contributed by atoms with van der Waals surface area (Å²) in [6.07, 6.45) is 6.84. The zero-order chi connectivity index (χ0) is 10.7. The number of rotatable bonds is 6. The fourth-order valence-corrected chi connectivity index (χ4v) is 1.77. The Morgan fingerprint density at radius 1 is 1.53 bits per heavy atom. The van der Waals surface area contributed by atoms with Crippen LogP contribution in [0.1, 0.15) is 31.4 Å².